The van der Waals surface area contributed by atoms with Crippen molar-refractivity contribution in [1.29, 1.82) is 0 Å². The summed E-state index contributed by atoms with van der Waals surface area (Å²) in [5.41, 5.74) is 8.83. The third-order valence-corrected chi connectivity index (χ3v) is 4.18. The summed E-state index contributed by atoms with van der Waals surface area (Å²) in [5.74, 6) is 1.40. The topological polar surface area (TPSA) is 48.1 Å². The van der Waals surface area contributed by atoms with Gasteiger partial charge in [0.15, 0.2) is 0 Å². The second kappa shape index (κ2) is 7.46. The highest BCUT2D eigenvalue weighted by atomic mass is 32.1. The van der Waals surface area contributed by atoms with Crippen LogP contribution in [0.3, 0.4) is 0 Å². The first-order valence-electron chi connectivity index (χ1n) is 7.57. The Kier molecular flexibility index (Phi) is 5.62. The number of ether oxygens (including phenoxy) is 1. The first-order valence-corrected chi connectivity index (χ1v) is 8.45. The predicted octanol–water partition coefficient (Wildman–Crippen LogP) is 4.77. The van der Waals surface area contributed by atoms with Crippen LogP contribution in [0.15, 0.2) is 23.6 Å². The summed E-state index contributed by atoms with van der Waals surface area (Å²) < 4.78 is 5.74. The van der Waals surface area contributed by atoms with Gasteiger partial charge in [-0.1, -0.05) is 20.8 Å². The van der Waals surface area contributed by atoms with Crippen LogP contribution in [0.5, 0.6) is 5.75 Å². The first kappa shape index (κ1) is 15.8. The quantitative estimate of drug-likeness (QED) is 0.750. The summed E-state index contributed by atoms with van der Waals surface area (Å²) in [5, 5.41) is 3.28. The number of hydrogen-bond acceptors (Lipinski definition) is 4. The molecule has 1 aromatic carbocycles. The Balaban J connectivity index is 2.06. The Morgan fingerprint density at radius 2 is 2.14 bits per heavy atom. The standard InChI is InChI=1S/C17H24N2OS/c1-4-5-17-19-15(11-21-17)13-6-7-16(14(18)10-13)20-9-8-12(2)3/h6-7,10-12H,4-5,8-9,18H2,1-3H3. The van der Waals surface area contributed by atoms with Crippen LogP contribution in [0.25, 0.3) is 11.3 Å². The van der Waals surface area contributed by atoms with E-state index < -0.39 is 0 Å². The average molecular weight is 304 g/mol. The molecule has 0 saturated carbocycles. The predicted molar refractivity (Wildman–Crippen MR) is 90.9 cm³/mol. The molecule has 1 heterocycles. The van der Waals surface area contributed by atoms with Crippen LogP contribution < -0.4 is 10.5 Å². The van der Waals surface area contributed by atoms with Crippen molar-refractivity contribution in [3.8, 4) is 17.0 Å². The zero-order valence-electron chi connectivity index (χ0n) is 13.1. The van der Waals surface area contributed by atoms with Gasteiger partial charge >= 0.3 is 0 Å². The van der Waals surface area contributed by atoms with Crippen molar-refractivity contribution < 1.29 is 4.74 Å². The zero-order valence-corrected chi connectivity index (χ0v) is 13.9. The molecule has 0 radical (unpaired) electrons. The number of anilines is 1. The highest BCUT2D eigenvalue weighted by Crippen LogP contribution is 2.29. The number of thiazole rings is 1. The van der Waals surface area contributed by atoms with Gasteiger partial charge in [0.25, 0.3) is 0 Å². The molecule has 2 aromatic rings. The molecule has 0 fully saturated rings. The number of nitrogens with zero attached hydrogens (tertiary/aromatic N) is 1. The van der Waals surface area contributed by atoms with Gasteiger partial charge in [0.2, 0.25) is 0 Å². The molecule has 0 spiro atoms. The minimum atomic E-state index is 0.637. The minimum Gasteiger partial charge on any atom is -0.491 e. The van der Waals surface area contributed by atoms with Crippen LogP contribution in [-0.4, -0.2) is 11.6 Å². The Labute approximate surface area is 131 Å². The van der Waals surface area contributed by atoms with E-state index in [2.05, 4.69) is 31.1 Å². The molecule has 2 N–H and O–H groups in total. The third-order valence-electron chi connectivity index (χ3n) is 3.27. The van der Waals surface area contributed by atoms with Gasteiger partial charge < -0.3 is 10.5 Å². The molecule has 0 amide bonds. The van der Waals surface area contributed by atoms with Crippen molar-refractivity contribution in [2.24, 2.45) is 5.92 Å². The van der Waals surface area contributed by atoms with Crippen molar-refractivity contribution in [1.82, 2.24) is 4.98 Å². The van der Waals surface area contributed by atoms with E-state index in [1.165, 1.54) is 5.01 Å². The summed E-state index contributed by atoms with van der Waals surface area (Å²) in [6.45, 7) is 7.25. The normalized spacial score (nSPS) is 11.0. The number of nitrogens with two attached hydrogens (primary N) is 1. The number of benzene rings is 1. The maximum atomic E-state index is 6.09. The second-order valence-corrected chi connectivity index (χ2v) is 6.60. The van der Waals surface area contributed by atoms with Crippen LogP contribution in [0.1, 0.15) is 38.6 Å². The Morgan fingerprint density at radius 3 is 2.81 bits per heavy atom. The molecule has 0 aliphatic rings. The molecule has 2 rings (SSSR count). The highest BCUT2D eigenvalue weighted by Gasteiger charge is 2.08. The fourth-order valence-corrected chi connectivity index (χ4v) is 2.93. The van der Waals surface area contributed by atoms with Crippen molar-refractivity contribution >= 4 is 17.0 Å². The number of rotatable bonds is 7. The molecule has 0 aliphatic heterocycles. The summed E-state index contributed by atoms with van der Waals surface area (Å²) in [6.07, 6.45) is 3.20. The van der Waals surface area contributed by atoms with Crippen LogP contribution in [-0.2, 0) is 6.42 Å². The number of aromatic nitrogens is 1. The van der Waals surface area contributed by atoms with Gasteiger partial charge in [-0.15, -0.1) is 11.3 Å². The van der Waals surface area contributed by atoms with E-state index in [9.17, 15) is 0 Å². The van der Waals surface area contributed by atoms with Gasteiger partial charge in [0, 0.05) is 10.9 Å². The van der Waals surface area contributed by atoms with Crippen molar-refractivity contribution in [3.63, 3.8) is 0 Å². The van der Waals surface area contributed by atoms with E-state index in [0.717, 1.165) is 36.3 Å². The monoisotopic (exact) mass is 304 g/mol. The van der Waals surface area contributed by atoms with Crippen molar-refractivity contribution in [2.75, 3.05) is 12.3 Å². The third kappa shape index (κ3) is 4.46. The Morgan fingerprint density at radius 1 is 1.33 bits per heavy atom. The van der Waals surface area contributed by atoms with E-state index >= 15 is 0 Å². The lowest BCUT2D eigenvalue weighted by Crippen LogP contribution is -2.03. The van der Waals surface area contributed by atoms with E-state index in [4.69, 9.17) is 10.5 Å². The van der Waals surface area contributed by atoms with E-state index in [1.54, 1.807) is 11.3 Å². The number of nitrogen functional groups attached to an aromatic ring is 1. The maximum Gasteiger partial charge on any atom is 0.142 e. The van der Waals surface area contributed by atoms with Crippen LogP contribution in [0, 0.1) is 5.92 Å². The summed E-state index contributed by atoms with van der Waals surface area (Å²) >= 11 is 1.71. The van der Waals surface area contributed by atoms with Gasteiger partial charge in [0.1, 0.15) is 5.75 Å². The van der Waals surface area contributed by atoms with Gasteiger partial charge in [-0.05, 0) is 43.4 Å². The fraction of sp³-hybridized carbons (Fsp3) is 0.471. The van der Waals surface area contributed by atoms with Crippen LogP contribution >= 0.6 is 11.3 Å². The Hall–Kier alpha value is -1.55. The molecule has 0 bridgehead atoms. The van der Waals surface area contributed by atoms with E-state index in [1.807, 2.05) is 18.2 Å². The second-order valence-electron chi connectivity index (χ2n) is 5.66. The molecule has 3 nitrogen and oxygen atoms in total. The first-order chi connectivity index (χ1) is 10.1. The number of aryl methyl sites for hydroxylation is 1. The van der Waals surface area contributed by atoms with Gasteiger partial charge in [-0.3, -0.25) is 0 Å². The van der Waals surface area contributed by atoms with Gasteiger partial charge in [0.05, 0.1) is 23.0 Å². The Bertz CT molecular complexity index is 578. The highest BCUT2D eigenvalue weighted by molar-refractivity contribution is 7.09. The fourth-order valence-electron chi connectivity index (χ4n) is 2.02. The molecule has 0 unspecified atom stereocenters. The van der Waals surface area contributed by atoms with Crippen molar-refractivity contribution in [3.05, 3.63) is 28.6 Å². The maximum absolute atomic E-state index is 6.09. The van der Waals surface area contributed by atoms with Crippen LogP contribution in [0.2, 0.25) is 0 Å². The number of hydrogen-bond donors (Lipinski definition) is 1. The molecule has 4 heteroatoms. The van der Waals surface area contributed by atoms with Gasteiger partial charge in [-0.25, -0.2) is 4.98 Å². The van der Waals surface area contributed by atoms with Gasteiger partial charge in [-0.2, -0.15) is 0 Å². The van der Waals surface area contributed by atoms with E-state index in [-0.39, 0.29) is 0 Å². The molecule has 0 saturated heterocycles. The molecule has 0 aliphatic carbocycles. The summed E-state index contributed by atoms with van der Waals surface area (Å²) in [6, 6.07) is 5.94. The molecular weight excluding hydrogens is 280 g/mol. The summed E-state index contributed by atoms with van der Waals surface area (Å²) in [7, 11) is 0. The lowest BCUT2D eigenvalue weighted by molar-refractivity contribution is 0.291. The molecule has 1 aromatic heterocycles. The smallest absolute Gasteiger partial charge is 0.142 e. The molecule has 0 atom stereocenters. The molecular formula is C17H24N2OS. The zero-order chi connectivity index (χ0) is 15.2. The SMILES string of the molecule is CCCc1nc(-c2ccc(OCCC(C)C)c(N)c2)cs1. The van der Waals surface area contributed by atoms with Crippen LogP contribution in [0.4, 0.5) is 5.69 Å². The summed E-state index contributed by atoms with van der Waals surface area (Å²) in [4.78, 5) is 4.65. The lowest BCUT2D eigenvalue weighted by Gasteiger charge is -2.11. The molecule has 21 heavy (non-hydrogen) atoms. The molecule has 114 valence electrons. The average Bonchev–Trinajstić information content (AvgIpc) is 2.89. The minimum absolute atomic E-state index is 0.637. The van der Waals surface area contributed by atoms with Crippen molar-refractivity contribution in [2.45, 2.75) is 40.0 Å². The lowest BCUT2D eigenvalue weighted by atomic mass is 10.1. The van der Waals surface area contributed by atoms with E-state index in [0.29, 0.717) is 18.2 Å². The largest absolute Gasteiger partial charge is 0.491 e.